The van der Waals surface area contributed by atoms with Gasteiger partial charge in [-0.15, -0.1) is 0 Å². The number of nitrogens with zero attached hydrogens (tertiary/aromatic N) is 2. The first-order valence-corrected chi connectivity index (χ1v) is 8.69. The fourth-order valence-corrected chi connectivity index (χ4v) is 3.15. The highest BCUT2D eigenvalue weighted by Crippen LogP contribution is 2.28. The van der Waals surface area contributed by atoms with Gasteiger partial charge in [-0.25, -0.2) is 4.79 Å². The molecule has 0 aliphatic carbocycles. The van der Waals surface area contributed by atoms with E-state index in [4.69, 9.17) is 34.0 Å². The molecule has 3 rings (SSSR count). The van der Waals surface area contributed by atoms with E-state index in [0.29, 0.717) is 39.6 Å². The van der Waals surface area contributed by atoms with E-state index < -0.39 is 12.0 Å². The van der Waals surface area contributed by atoms with Crippen molar-refractivity contribution >= 4 is 40.2 Å². The molecule has 1 heterocycles. The van der Waals surface area contributed by atoms with Crippen LogP contribution in [0.3, 0.4) is 0 Å². The molecule has 6 nitrogen and oxygen atoms in total. The van der Waals surface area contributed by atoms with Crippen LogP contribution in [0, 0.1) is 0 Å². The zero-order valence-electron chi connectivity index (χ0n) is 13.9. The number of benzene rings is 2. The highest BCUT2D eigenvalue weighted by atomic mass is 35.5. The molecule has 0 aliphatic rings. The van der Waals surface area contributed by atoms with E-state index in [1.807, 2.05) is 24.3 Å². The van der Waals surface area contributed by atoms with Crippen molar-refractivity contribution in [1.82, 2.24) is 9.13 Å². The highest BCUT2D eigenvalue weighted by Gasteiger charge is 2.15. The smallest absolute Gasteiger partial charge is 0.333 e. The minimum absolute atomic E-state index is 0.209. The zero-order valence-corrected chi connectivity index (χ0v) is 15.5. The molecule has 1 aromatic heterocycles. The number of carbonyl (C=O) groups is 1. The van der Waals surface area contributed by atoms with Gasteiger partial charge in [-0.1, -0.05) is 35.3 Å². The number of aryl methyl sites for hydroxylation is 2. The maximum Gasteiger partial charge on any atom is 0.333 e. The van der Waals surface area contributed by atoms with Crippen molar-refractivity contribution in [1.29, 1.82) is 0 Å². The molecule has 0 spiro atoms. The summed E-state index contributed by atoms with van der Waals surface area (Å²) in [6.45, 7) is 0. The molecular formula is C18H17Cl2N3O3. The van der Waals surface area contributed by atoms with Crippen LogP contribution in [0.15, 0.2) is 41.2 Å². The van der Waals surface area contributed by atoms with Crippen LogP contribution in [0.5, 0.6) is 0 Å². The van der Waals surface area contributed by atoms with E-state index in [1.54, 1.807) is 23.7 Å². The molecule has 1 atom stereocenters. The van der Waals surface area contributed by atoms with Gasteiger partial charge in [-0.05, 0) is 42.7 Å². The molecule has 136 valence electrons. The van der Waals surface area contributed by atoms with E-state index in [1.165, 1.54) is 4.57 Å². The van der Waals surface area contributed by atoms with E-state index in [9.17, 15) is 9.59 Å². The van der Waals surface area contributed by atoms with Gasteiger partial charge in [0.2, 0.25) is 0 Å². The molecule has 0 bridgehead atoms. The van der Waals surface area contributed by atoms with Crippen molar-refractivity contribution in [2.75, 3.05) is 0 Å². The van der Waals surface area contributed by atoms with Crippen LogP contribution in [0.1, 0.15) is 12.0 Å². The van der Waals surface area contributed by atoms with Gasteiger partial charge in [0.05, 0.1) is 26.8 Å². The van der Waals surface area contributed by atoms with E-state index in [0.717, 1.165) is 5.56 Å². The number of nitrogens with two attached hydrogens (primary N) is 1. The van der Waals surface area contributed by atoms with Crippen LogP contribution in [-0.4, -0.2) is 26.3 Å². The molecule has 0 radical (unpaired) electrons. The Morgan fingerprint density at radius 1 is 1.15 bits per heavy atom. The van der Waals surface area contributed by atoms with Crippen molar-refractivity contribution < 1.29 is 9.90 Å². The maximum atomic E-state index is 12.6. The van der Waals surface area contributed by atoms with Crippen molar-refractivity contribution in [2.45, 2.75) is 18.9 Å². The van der Waals surface area contributed by atoms with Gasteiger partial charge >= 0.3 is 11.7 Å². The predicted octanol–water partition coefficient (Wildman–Crippen LogP) is 2.98. The Bertz CT molecular complexity index is 1040. The summed E-state index contributed by atoms with van der Waals surface area (Å²) < 4.78 is 3.07. The third-order valence-corrected chi connectivity index (χ3v) is 5.08. The molecule has 0 amide bonds. The van der Waals surface area contributed by atoms with Gasteiger partial charge < -0.3 is 10.8 Å². The lowest BCUT2D eigenvalue weighted by Crippen LogP contribution is -2.30. The second-order valence-electron chi connectivity index (χ2n) is 6.08. The van der Waals surface area contributed by atoms with Gasteiger partial charge in [-0.3, -0.25) is 13.9 Å². The number of hydrogen-bond donors (Lipinski definition) is 2. The standard InChI is InChI=1S/C18H17Cl2N3O3/c1-22-15-8-12(19)13(20)9-16(15)23(18(22)26)11-5-2-10(3-6-11)4-7-14(21)17(24)25/h2-3,5-6,8-9,14H,4,7,21H2,1H3,(H,24,25)/t14-/m0/s1. The Labute approximate surface area is 159 Å². The second kappa shape index (κ2) is 7.15. The summed E-state index contributed by atoms with van der Waals surface area (Å²) in [6, 6.07) is 9.77. The SMILES string of the molecule is Cn1c(=O)n(-c2ccc(CC[C@H](N)C(=O)O)cc2)c2cc(Cl)c(Cl)cc21. The van der Waals surface area contributed by atoms with Gasteiger partial charge in [0, 0.05) is 7.05 Å². The Kier molecular flexibility index (Phi) is 5.09. The Morgan fingerprint density at radius 2 is 1.73 bits per heavy atom. The van der Waals surface area contributed by atoms with E-state index >= 15 is 0 Å². The lowest BCUT2D eigenvalue weighted by molar-refractivity contribution is -0.138. The molecule has 0 saturated heterocycles. The quantitative estimate of drug-likeness (QED) is 0.696. The number of carboxylic acid groups (broad SMARTS) is 1. The molecule has 0 fully saturated rings. The number of aromatic nitrogens is 2. The first kappa shape index (κ1) is 18.5. The van der Waals surface area contributed by atoms with Gasteiger partial charge in [0.1, 0.15) is 6.04 Å². The van der Waals surface area contributed by atoms with Crippen molar-refractivity contribution in [3.63, 3.8) is 0 Å². The summed E-state index contributed by atoms with van der Waals surface area (Å²) in [7, 11) is 1.67. The fourth-order valence-electron chi connectivity index (χ4n) is 2.84. The normalized spacial score (nSPS) is 12.5. The minimum Gasteiger partial charge on any atom is -0.480 e. The monoisotopic (exact) mass is 393 g/mol. The lowest BCUT2D eigenvalue weighted by atomic mass is 10.1. The van der Waals surface area contributed by atoms with E-state index in [2.05, 4.69) is 0 Å². The number of carboxylic acids is 1. The summed E-state index contributed by atoms with van der Waals surface area (Å²) in [6.07, 6.45) is 0.886. The number of fused-ring (bicyclic) bond motifs is 1. The topological polar surface area (TPSA) is 90.3 Å². The largest absolute Gasteiger partial charge is 0.480 e. The number of aliphatic carboxylic acids is 1. The zero-order chi connectivity index (χ0) is 19.0. The van der Waals surface area contributed by atoms with Gasteiger partial charge in [-0.2, -0.15) is 0 Å². The number of imidazole rings is 1. The number of halogens is 2. The van der Waals surface area contributed by atoms with E-state index in [-0.39, 0.29) is 5.69 Å². The Balaban J connectivity index is 1.97. The van der Waals surface area contributed by atoms with Crippen LogP contribution in [-0.2, 0) is 18.3 Å². The van der Waals surface area contributed by atoms with Crippen LogP contribution in [0.25, 0.3) is 16.7 Å². The van der Waals surface area contributed by atoms with Crippen molar-refractivity contribution in [3.05, 3.63) is 62.5 Å². The molecule has 26 heavy (non-hydrogen) atoms. The van der Waals surface area contributed by atoms with Crippen LogP contribution in [0.2, 0.25) is 10.0 Å². The number of rotatable bonds is 5. The summed E-state index contributed by atoms with van der Waals surface area (Å²) in [5.74, 6) is -1.01. The van der Waals surface area contributed by atoms with Crippen molar-refractivity contribution in [2.24, 2.45) is 12.8 Å². The van der Waals surface area contributed by atoms with Crippen LogP contribution in [0.4, 0.5) is 0 Å². The van der Waals surface area contributed by atoms with Gasteiger partial charge in [0.15, 0.2) is 0 Å². The average Bonchev–Trinajstić information content (AvgIpc) is 2.84. The third-order valence-electron chi connectivity index (χ3n) is 4.35. The molecule has 3 N–H and O–H groups in total. The summed E-state index contributed by atoms with van der Waals surface area (Å²) >= 11 is 12.2. The third kappa shape index (κ3) is 3.35. The van der Waals surface area contributed by atoms with Crippen molar-refractivity contribution in [3.8, 4) is 5.69 Å². The first-order chi connectivity index (χ1) is 12.3. The van der Waals surface area contributed by atoms with Crippen LogP contribution < -0.4 is 11.4 Å². The summed E-state index contributed by atoms with van der Waals surface area (Å²) in [5.41, 5.74) is 8.29. The first-order valence-electron chi connectivity index (χ1n) is 7.93. The summed E-state index contributed by atoms with van der Waals surface area (Å²) in [4.78, 5) is 23.4. The number of hydrogen-bond acceptors (Lipinski definition) is 3. The summed E-state index contributed by atoms with van der Waals surface area (Å²) in [5, 5.41) is 9.60. The van der Waals surface area contributed by atoms with Gasteiger partial charge in [0.25, 0.3) is 0 Å². The Hall–Kier alpha value is -2.28. The molecule has 0 aliphatic heterocycles. The van der Waals surface area contributed by atoms with Crippen LogP contribution >= 0.6 is 23.2 Å². The molecule has 3 aromatic rings. The molecular weight excluding hydrogens is 377 g/mol. The second-order valence-corrected chi connectivity index (χ2v) is 6.90. The molecule has 0 unspecified atom stereocenters. The average molecular weight is 394 g/mol. The minimum atomic E-state index is -1.01. The highest BCUT2D eigenvalue weighted by molar-refractivity contribution is 6.42. The molecule has 0 saturated carbocycles. The molecule has 8 heteroatoms. The Morgan fingerprint density at radius 3 is 2.31 bits per heavy atom. The fraction of sp³-hybridized carbons (Fsp3) is 0.222. The molecule has 2 aromatic carbocycles. The predicted molar refractivity (Wildman–Crippen MR) is 102 cm³/mol. The lowest BCUT2D eigenvalue weighted by Gasteiger charge is -2.08. The maximum absolute atomic E-state index is 12.6.